The second-order valence-electron chi connectivity index (χ2n) is 6.73. The van der Waals surface area contributed by atoms with Gasteiger partial charge in [-0.05, 0) is 36.9 Å². The molecule has 4 rings (SSSR count). The lowest BCUT2D eigenvalue weighted by Crippen LogP contribution is -2.04. The van der Waals surface area contributed by atoms with Gasteiger partial charge >= 0.3 is 0 Å². The van der Waals surface area contributed by atoms with Gasteiger partial charge < -0.3 is 9.73 Å². The maximum Gasteiger partial charge on any atom is 0.268 e. The maximum atomic E-state index is 11.6. The van der Waals surface area contributed by atoms with E-state index in [1.54, 1.807) is 36.7 Å². The molecule has 0 bridgehead atoms. The quantitative estimate of drug-likeness (QED) is 0.506. The second kappa shape index (κ2) is 8.13. The average molecular weight is 421 g/mol. The Balaban J connectivity index is 1.60. The summed E-state index contributed by atoms with van der Waals surface area (Å²) in [5.74, 6) is 0.650. The summed E-state index contributed by atoms with van der Waals surface area (Å²) in [5, 5.41) is 11.3. The van der Waals surface area contributed by atoms with E-state index in [1.165, 1.54) is 6.26 Å². The topological polar surface area (TPSA) is 111 Å². The van der Waals surface area contributed by atoms with E-state index in [9.17, 15) is 8.42 Å². The number of hydrogen-bond acceptors (Lipinski definition) is 8. The highest BCUT2D eigenvalue weighted by molar-refractivity contribution is 7.90. The molecule has 9 heteroatoms. The molecule has 0 amide bonds. The molecule has 0 aliphatic rings. The molecule has 0 radical (unpaired) electrons. The number of sulfone groups is 1. The summed E-state index contributed by atoms with van der Waals surface area (Å²) in [6.07, 6.45) is 4.31. The minimum Gasteiger partial charge on any atom is -0.415 e. The van der Waals surface area contributed by atoms with Crippen molar-refractivity contribution in [2.45, 2.75) is 11.4 Å². The van der Waals surface area contributed by atoms with Crippen molar-refractivity contribution in [3.8, 4) is 34.3 Å². The minimum atomic E-state index is -3.26. The summed E-state index contributed by atoms with van der Waals surface area (Å²) in [5.41, 5.74) is 3.71. The third kappa shape index (κ3) is 4.27. The normalized spacial score (nSPS) is 11.5. The lowest BCUT2D eigenvalue weighted by Gasteiger charge is -2.03. The van der Waals surface area contributed by atoms with E-state index in [-0.39, 0.29) is 10.8 Å². The van der Waals surface area contributed by atoms with Crippen molar-refractivity contribution >= 4 is 9.84 Å². The SMILES string of the molecule is CNCc1ccc(-c2nnc(-c3cncc(-c4ccc(S(C)(=O)=O)cc4)n3)o2)cc1. The van der Waals surface area contributed by atoms with Gasteiger partial charge in [-0.3, -0.25) is 4.98 Å². The van der Waals surface area contributed by atoms with Crippen LogP contribution in [0.25, 0.3) is 34.3 Å². The zero-order chi connectivity index (χ0) is 21.1. The van der Waals surface area contributed by atoms with E-state index in [2.05, 4.69) is 25.5 Å². The molecule has 0 saturated carbocycles. The zero-order valence-corrected chi connectivity index (χ0v) is 17.2. The molecule has 152 valence electrons. The van der Waals surface area contributed by atoms with E-state index in [4.69, 9.17) is 4.42 Å². The highest BCUT2D eigenvalue weighted by Crippen LogP contribution is 2.25. The van der Waals surface area contributed by atoms with Crippen molar-refractivity contribution < 1.29 is 12.8 Å². The largest absolute Gasteiger partial charge is 0.415 e. The van der Waals surface area contributed by atoms with Crippen LogP contribution in [0.3, 0.4) is 0 Å². The van der Waals surface area contributed by atoms with Crippen molar-refractivity contribution in [3.05, 3.63) is 66.5 Å². The Labute approximate surface area is 174 Å². The lowest BCUT2D eigenvalue weighted by molar-refractivity contribution is 0.581. The van der Waals surface area contributed by atoms with Crippen LogP contribution < -0.4 is 5.32 Å². The van der Waals surface area contributed by atoms with E-state index < -0.39 is 9.84 Å². The molecule has 0 atom stereocenters. The van der Waals surface area contributed by atoms with Crippen LogP contribution in [0.2, 0.25) is 0 Å². The molecule has 30 heavy (non-hydrogen) atoms. The van der Waals surface area contributed by atoms with Crippen LogP contribution in [0.15, 0.2) is 70.2 Å². The molecule has 2 aromatic heterocycles. The third-order valence-corrected chi connectivity index (χ3v) is 5.57. The summed E-state index contributed by atoms with van der Waals surface area (Å²) >= 11 is 0. The number of benzene rings is 2. The molecule has 1 N–H and O–H groups in total. The Morgan fingerprint density at radius 1 is 0.867 bits per heavy atom. The van der Waals surface area contributed by atoms with E-state index in [0.717, 1.165) is 23.2 Å². The monoisotopic (exact) mass is 421 g/mol. The van der Waals surface area contributed by atoms with Gasteiger partial charge in [0.15, 0.2) is 9.84 Å². The molecule has 0 aliphatic carbocycles. The Morgan fingerprint density at radius 2 is 1.50 bits per heavy atom. The Hall–Kier alpha value is -3.43. The van der Waals surface area contributed by atoms with Crippen molar-refractivity contribution in [2.75, 3.05) is 13.3 Å². The fourth-order valence-electron chi connectivity index (χ4n) is 2.89. The van der Waals surface area contributed by atoms with E-state index in [0.29, 0.717) is 17.3 Å². The Morgan fingerprint density at radius 3 is 2.17 bits per heavy atom. The molecule has 2 heterocycles. The van der Waals surface area contributed by atoms with Crippen LogP contribution in [0.4, 0.5) is 0 Å². The van der Waals surface area contributed by atoms with Crippen molar-refractivity contribution in [1.82, 2.24) is 25.5 Å². The lowest BCUT2D eigenvalue weighted by atomic mass is 10.1. The van der Waals surface area contributed by atoms with Gasteiger partial charge in [0, 0.05) is 23.9 Å². The number of rotatable bonds is 6. The van der Waals surface area contributed by atoms with Gasteiger partial charge in [0.1, 0.15) is 5.69 Å². The van der Waals surface area contributed by atoms with E-state index in [1.807, 2.05) is 31.3 Å². The molecule has 8 nitrogen and oxygen atoms in total. The van der Waals surface area contributed by atoms with Crippen molar-refractivity contribution in [1.29, 1.82) is 0 Å². The number of aromatic nitrogens is 4. The summed E-state index contributed by atoms with van der Waals surface area (Å²) in [6, 6.07) is 14.3. The standard InChI is InChI=1S/C21H19N5O3S/c1-22-11-14-3-5-16(6-4-14)20-25-26-21(29-20)19-13-23-12-18(24-19)15-7-9-17(10-8-15)30(2,27)28/h3-10,12-13,22H,11H2,1-2H3. The predicted octanol–water partition coefficient (Wildman–Crippen LogP) is 2.98. The molecule has 0 spiro atoms. The summed E-state index contributed by atoms with van der Waals surface area (Å²) < 4.78 is 29.1. The fourth-order valence-corrected chi connectivity index (χ4v) is 3.52. The second-order valence-corrected chi connectivity index (χ2v) is 8.74. The molecule has 0 saturated heterocycles. The zero-order valence-electron chi connectivity index (χ0n) is 16.4. The van der Waals surface area contributed by atoms with Crippen LogP contribution in [0.5, 0.6) is 0 Å². The smallest absolute Gasteiger partial charge is 0.268 e. The molecular formula is C21H19N5O3S. The first-order valence-electron chi connectivity index (χ1n) is 9.14. The number of nitrogens with zero attached hydrogens (tertiary/aromatic N) is 4. The molecular weight excluding hydrogens is 402 g/mol. The van der Waals surface area contributed by atoms with Gasteiger partial charge in [-0.1, -0.05) is 24.3 Å². The molecule has 0 unspecified atom stereocenters. The average Bonchev–Trinajstić information content (AvgIpc) is 3.24. The van der Waals surface area contributed by atoms with Gasteiger partial charge in [-0.15, -0.1) is 10.2 Å². The van der Waals surface area contributed by atoms with Gasteiger partial charge in [0.05, 0.1) is 23.0 Å². The maximum absolute atomic E-state index is 11.6. The number of hydrogen-bond donors (Lipinski definition) is 1. The van der Waals surface area contributed by atoms with Crippen molar-refractivity contribution in [3.63, 3.8) is 0 Å². The van der Waals surface area contributed by atoms with Crippen molar-refractivity contribution in [2.24, 2.45) is 0 Å². The fraction of sp³-hybridized carbons (Fsp3) is 0.143. The van der Waals surface area contributed by atoms with E-state index >= 15 is 0 Å². The first-order chi connectivity index (χ1) is 14.4. The highest BCUT2D eigenvalue weighted by atomic mass is 32.2. The van der Waals surface area contributed by atoms with Crippen LogP contribution >= 0.6 is 0 Å². The van der Waals surface area contributed by atoms with Gasteiger partial charge in [-0.2, -0.15) is 0 Å². The summed E-state index contributed by atoms with van der Waals surface area (Å²) in [6.45, 7) is 0.781. The Bertz CT molecular complexity index is 1270. The van der Waals surface area contributed by atoms with Crippen LogP contribution in [0.1, 0.15) is 5.56 Å². The summed E-state index contributed by atoms with van der Waals surface area (Å²) in [4.78, 5) is 8.99. The van der Waals surface area contributed by atoms with Gasteiger partial charge in [-0.25, -0.2) is 13.4 Å². The van der Waals surface area contributed by atoms with Gasteiger partial charge in [0.25, 0.3) is 5.89 Å². The minimum absolute atomic E-state index is 0.248. The predicted molar refractivity (Wildman–Crippen MR) is 112 cm³/mol. The van der Waals surface area contributed by atoms with Crippen LogP contribution in [-0.2, 0) is 16.4 Å². The molecule has 2 aromatic carbocycles. The first kappa shape index (κ1) is 19.9. The van der Waals surface area contributed by atoms with Crippen LogP contribution in [-0.4, -0.2) is 41.9 Å². The highest BCUT2D eigenvalue weighted by Gasteiger charge is 2.14. The molecule has 4 aromatic rings. The number of nitrogens with one attached hydrogen (secondary N) is 1. The van der Waals surface area contributed by atoms with Gasteiger partial charge in [0.2, 0.25) is 5.89 Å². The molecule has 0 aliphatic heterocycles. The van der Waals surface area contributed by atoms with Crippen LogP contribution in [0, 0.1) is 0 Å². The first-order valence-corrected chi connectivity index (χ1v) is 11.0. The third-order valence-electron chi connectivity index (χ3n) is 4.44. The summed E-state index contributed by atoms with van der Waals surface area (Å²) in [7, 11) is -1.36. The Kier molecular flexibility index (Phi) is 5.39. The molecule has 0 fully saturated rings.